The topological polar surface area (TPSA) is 63.9 Å². The van der Waals surface area contributed by atoms with E-state index in [0.29, 0.717) is 11.8 Å². The summed E-state index contributed by atoms with van der Waals surface area (Å²) in [7, 11) is 0. The highest BCUT2D eigenvalue weighted by Gasteiger charge is 2.33. The van der Waals surface area contributed by atoms with Crippen molar-refractivity contribution >= 4 is 38.5 Å². The number of fused-ring (bicyclic) bond motifs is 2. The van der Waals surface area contributed by atoms with Crippen LogP contribution in [0.1, 0.15) is 85.0 Å². The molecule has 0 atom stereocenters. The number of hydrogen-bond acceptors (Lipinski definition) is 5. The summed E-state index contributed by atoms with van der Waals surface area (Å²) in [6, 6.07) is 10.4. The number of benzene rings is 1. The highest BCUT2D eigenvalue weighted by molar-refractivity contribution is 7.18. The van der Waals surface area contributed by atoms with E-state index < -0.39 is 0 Å². The van der Waals surface area contributed by atoms with E-state index in [1.54, 1.807) is 11.3 Å². The number of carbonyl (C=O) groups is 1. The third-order valence-electron chi connectivity index (χ3n) is 7.14. The number of likely N-dealkylation sites (tertiary alicyclic amines) is 1. The van der Waals surface area contributed by atoms with Crippen LogP contribution in [-0.4, -0.2) is 43.6 Å². The number of nitrogens with zero attached hydrogens (tertiary/aromatic N) is 5. The van der Waals surface area contributed by atoms with Gasteiger partial charge in [-0.3, -0.25) is 4.79 Å². The van der Waals surface area contributed by atoms with Crippen molar-refractivity contribution in [3.8, 4) is 0 Å². The van der Waals surface area contributed by atoms with Crippen LogP contribution < -0.4 is 0 Å². The molecule has 2 fully saturated rings. The molecule has 2 aliphatic rings. The van der Waals surface area contributed by atoms with Gasteiger partial charge in [0.2, 0.25) is 0 Å². The molecular weight excluding hydrogens is 442 g/mol. The average Bonchev–Trinajstić information content (AvgIpc) is 3.49. The van der Waals surface area contributed by atoms with Gasteiger partial charge in [-0.15, -0.1) is 11.3 Å². The van der Waals surface area contributed by atoms with Gasteiger partial charge in [0, 0.05) is 30.6 Å². The molecule has 6 rings (SSSR count). The van der Waals surface area contributed by atoms with E-state index in [4.69, 9.17) is 15.1 Å². The zero-order chi connectivity index (χ0) is 23.6. The molecule has 1 amide bonds. The summed E-state index contributed by atoms with van der Waals surface area (Å²) < 4.78 is 3.24. The quantitative estimate of drug-likeness (QED) is 0.366. The van der Waals surface area contributed by atoms with Gasteiger partial charge in [-0.1, -0.05) is 12.1 Å². The molecule has 1 saturated heterocycles. The largest absolute Gasteiger partial charge is 0.339 e. The highest BCUT2D eigenvalue weighted by atomic mass is 32.1. The standard InChI is InChI=1S/C27H31N5OS/c1-16-23-19(15-21(17-9-10-17)28-24(23)32(30-16)27(2,3)4)26(33)31-13-11-18(12-14-31)25-29-20-7-5-6-8-22(20)34-25/h5-8,15,17-18H,9-14H2,1-4H3. The molecule has 6 nitrogen and oxygen atoms in total. The Balaban J connectivity index is 1.30. The molecule has 0 unspecified atom stereocenters. The van der Waals surface area contributed by atoms with Crippen LogP contribution in [0.4, 0.5) is 0 Å². The number of para-hydroxylation sites is 1. The van der Waals surface area contributed by atoms with Gasteiger partial charge in [0.15, 0.2) is 5.65 Å². The fourth-order valence-electron chi connectivity index (χ4n) is 5.10. The molecule has 0 N–H and O–H groups in total. The number of thiazole rings is 1. The second-order valence-electron chi connectivity index (χ2n) is 10.8. The molecule has 0 radical (unpaired) electrons. The molecule has 34 heavy (non-hydrogen) atoms. The van der Waals surface area contributed by atoms with Crippen LogP contribution in [0.3, 0.4) is 0 Å². The molecule has 0 spiro atoms. The van der Waals surface area contributed by atoms with Crippen molar-refractivity contribution in [2.75, 3.05) is 13.1 Å². The number of rotatable bonds is 3. The van der Waals surface area contributed by atoms with E-state index in [1.807, 2.05) is 22.6 Å². The Morgan fingerprint density at radius 3 is 2.44 bits per heavy atom. The zero-order valence-electron chi connectivity index (χ0n) is 20.3. The first-order chi connectivity index (χ1) is 16.3. The van der Waals surface area contributed by atoms with E-state index in [-0.39, 0.29) is 11.4 Å². The molecule has 1 saturated carbocycles. The van der Waals surface area contributed by atoms with Crippen LogP contribution in [0.5, 0.6) is 0 Å². The molecular formula is C27H31N5OS. The first kappa shape index (κ1) is 21.7. The number of carbonyl (C=O) groups excluding carboxylic acids is 1. The molecule has 7 heteroatoms. The van der Waals surface area contributed by atoms with Crippen LogP contribution in [0.25, 0.3) is 21.3 Å². The summed E-state index contributed by atoms with van der Waals surface area (Å²) in [5.41, 5.74) is 4.44. The molecule has 176 valence electrons. The maximum absolute atomic E-state index is 13.9. The molecule has 1 aromatic carbocycles. The summed E-state index contributed by atoms with van der Waals surface area (Å²) >= 11 is 1.80. The third-order valence-corrected chi connectivity index (χ3v) is 8.33. The number of pyridine rings is 1. The van der Waals surface area contributed by atoms with Crippen molar-refractivity contribution in [2.24, 2.45) is 0 Å². The third kappa shape index (κ3) is 3.70. The fourth-order valence-corrected chi connectivity index (χ4v) is 6.23. The minimum atomic E-state index is -0.197. The Morgan fingerprint density at radius 1 is 1.03 bits per heavy atom. The lowest BCUT2D eigenvalue weighted by Gasteiger charge is -2.31. The van der Waals surface area contributed by atoms with Crippen LogP contribution in [0, 0.1) is 6.92 Å². The Bertz CT molecular complexity index is 1370. The molecule has 3 aromatic heterocycles. The van der Waals surface area contributed by atoms with Crippen molar-refractivity contribution in [1.82, 2.24) is 24.6 Å². The van der Waals surface area contributed by atoms with Crippen molar-refractivity contribution in [2.45, 2.75) is 70.8 Å². The second-order valence-corrected chi connectivity index (χ2v) is 11.9. The lowest BCUT2D eigenvalue weighted by atomic mass is 9.96. The van der Waals surface area contributed by atoms with Crippen LogP contribution in [0.2, 0.25) is 0 Å². The molecule has 4 aromatic rings. The number of hydrogen-bond donors (Lipinski definition) is 0. The maximum atomic E-state index is 13.9. The predicted octanol–water partition coefficient (Wildman–Crippen LogP) is 6.00. The zero-order valence-corrected chi connectivity index (χ0v) is 21.2. The monoisotopic (exact) mass is 473 g/mol. The Morgan fingerprint density at radius 2 is 1.76 bits per heavy atom. The summed E-state index contributed by atoms with van der Waals surface area (Å²) in [5, 5.41) is 6.94. The van der Waals surface area contributed by atoms with Crippen molar-refractivity contribution < 1.29 is 4.79 Å². The number of piperidine rings is 1. The smallest absolute Gasteiger partial charge is 0.254 e. The molecule has 0 bridgehead atoms. The molecule has 1 aliphatic heterocycles. The van der Waals surface area contributed by atoms with Crippen molar-refractivity contribution in [1.29, 1.82) is 0 Å². The van der Waals surface area contributed by atoms with Gasteiger partial charge in [-0.25, -0.2) is 14.6 Å². The van der Waals surface area contributed by atoms with Gasteiger partial charge in [-0.05, 0) is 71.6 Å². The van der Waals surface area contributed by atoms with Gasteiger partial charge in [-0.2, -0.15) is 5.10 Å². The van der Waals surface area contributed by atoms with Crippen LogP contribution >= 0.6 is 11.3 Å². The van der Waals surface area contributed by atoms with E-state index in [9.17, 15) is 4.79 Å². The second kappa shape index (κ2) is 7.87. The summed E-state index contributed by atoms with van der Waals surface area (Å²) in [5.74, 6) is 1.02. The first-order valence-electron chi connectivity index (χ1n) is 12.3. The minimum absolute atomic E-state index is 0.119. The Labute approximate surface area is 204 Å². The molecule has 1 aliphatic carbocycles. The lowest BCUT2D eigenvalue weighted by molar-refractivity contribution is 0.0714. The number of aryl methyl sites for hydroxylation is 1. The van der Waals surface area contributed by atoms with Gasteiger partial charge in [0.1, 0.15) is 0 Å². The van der Waals surface area contributed by atoms with Gasteiger partial charge in [0.05, 0.1) is 37.4 Å². The first-order valence-corrected chi connectivity index (χ1v) is 13.2. The lowest BCUT2D eigenvalue weighted by Crippen LogP contribution is -2.38. The Hall–Kier alpha value is -2.80. The highest BCUT2D eigenvalue weighted by Crippen LogP contribution is 2.41. The van der Waals surface area contributed by atoms with E-state index in [1.165, 1.54) is 9.71 Å². The number of amides is 1. The summed E-state index contributed by atoms with van der Waals surface area (Å²) in [4.78, 5) is 25.8. The van der Waals surface area contributed by atoms with Crippen molar-refractivity contribution in [3.05, 3.63) is 52.3 Å². The molecule has 4 heterocycles. The predicted molar refractivity (Wildman–Crippen MR) is 137 cm³/mol. The van der Waals surface area contributed by atoms with Crippen LogP contribution in [-0.2, 0) is 5.54 Å². The summed E-state index contributed by atoms with van der Waals surface area (Å²) in [6.45, 7) is 9.93. The normalized spacial score (nSPS) is 17.7. The van der Waals surface area contributed by atoms with Gasteiger partial charge in [0.25, 0.3) is 5.91 Å². The van der Waals surface area contributed by atoms with E-state index >= 15 is 0 Å². The van der Waals surface area contributed by atoms with Gasteiger partial charge < -0.3 is 4.90 Å². The SMILES string of the molecule is Cc1nn(C(C)(C)C)c2nc(C3CC3)cc(C(=O)N3CCC(c4nc5ccccc5s4)CC3)c12. The van der Waals surface area contributed by atoms with Crippen LogP contribution in [0.15, 0.2) is 30.3 Å². The number of aromatic nitrogens is 4. The van der Waals surface area contributed by atoms with E-state index in [2.05, 4.69) is 45.0 Å². The Kier molecular flexibility index (Phi) is 5.03. The van der Waals surface area contributed by atoms with E-state index in [0.717, 1.165) is 72.3 Å². The van der Waals surface area contributed by atoms with Gasteiger partial charge >= 0.3 is 0 Å². The average molecular weight is 474 g/mol. The summed E-state index contributed by atoms with van der Waals surface area (Å²) in [6.07, 6.45) is 4.22. The fraction of sp³-hybridized carbons (Fsp3) is 0.481. The van der Waals surface area contributed by atoms with Crippen molar-refractivity contribution in [3.63, 3.8) is 0 Å². The minimum Gasteiger partial charge on any atom is -0.339 e. The maximum Gasteiger partial charge on any atom is 0.254 e.